The van der Waals surface area contributed by atoms with Crippen LogP contribution in [0.25, 0.3) is 0 Å². The maximum Gasteiger partial charge on any atom is 0.240 e. The highest BCUT2D eigenvalue weighted by Crippen LogP contribution is 2.29. The third kappa shape index (κ3) is 6.01. The van der Waals surface area contributed by atoms with E-state index in [2.05, 4.69) is 15.0 Å². The number of hydrogen-bond acceptors (Lipinski definition) is 5. The van der Waals surface area contributed by atoms with E-state index in [0.29, 0.717) is 18.8 Å². The smallest absolute Gasteiger partial charge is 0.240 e. The van der Waals surface area contributed by atoms with Crippen molar-refractivity contribution >= 4 is 15.9 Å². The van der Waals surface area contributed by atoms with Crippen molar-refractivity contribution in [1.82, 2.24) is 15.0 Å². The number of methoxy groups -OCH3 is 1. The topological polar surface area (TPSA) is 97.4 Å². The Morgan fingerprint density at radius 2 is 1.86 bits per heavy atom. The van der Waals surface area contributed by atoms with Gasteiger partial charge >= 0.3 is 0 Å². The van der Waals surface area contributed by atoms with Crippen LogP contribution in [0.5, 0.6) is 5.75 Å². The molecule has 1 aliphatic carbocycles. The molecule has 1 fully saturated rings. The van der Waals surface area contributed by atoms with Gasteiger partial charge in [0, 0.05) is 31.4 Å². The lowest BCUT2D eigenvalue weighted by Crippen LogP contribution is -2.36. The summed E-state index contributed by atoms with van der Waals surface area (Å²) in [6.45, 7) is 0.868. The van der Waals surface area contributed by atoms with Crippen LogP contribution >= 0.6 is 0 Å². The number of nitrogens with one attached hydrogen (secondary N) is 2. The highest BCUT2D eigenvalue weighted by Gasteiger charge is 2.27. The molecule has 7 nitrogen and oxygen atoms in total. The van der Waals surface area contributed by atoms with Crippen molar-refractivity contribution in [3.63, 3.8) is 0 Å². The molecule has 156 valence electrons. The fourth-order valence-electron chi connectivity index (χ4n) is 3.53. The molecule has 1 aliphatic rings. The Balaban J connectivity index is 1.42. The molecule has 3 rings (SSSR count). The molecule has 8 heteroatoms. The second-order valence-corrected chi connectivity index (χ2v) is 9.09. The monoisotopic (exact) mass is 417 g/mol. The fourth-order valence-corrected chi connectivity index (χ4v) is 4.65. The van der Waals surface area contributed by atoms with Crippen molar-refractivity contribution in [3.8, 4) is 5.75 Å². The van der Waals surface area contributed by atoms with Crippen molar-refractivity contribution in [1.29, 1.82) is 0 Å². The summed E-state index contributed by atoms with van der Waals surface area (Å²) in [4.78, 5) is 16.6. The quantitative estimate of drug-likeness (QED) is 0.688. The Labute approximate surface area is 171 Å². The van der Waals surface area contributed by atoms with Crippen LogP contribution in [0, 0.1) is 11.8 Å². The van der Waals surface area contributed by atoms with Gasteiger partial charge in [-0.15, -0.1) is 0 Å². The van der Waals surface area contributed by atoms with E-state index >= 15 is 0 Å². The van der Waals surface area contributed by atoms with Crippen molar-refractivity contribution in [3.05, 3.63) is 54.4 Å². The van der Waals surface area contributed by atoms with Crippen molar-refractivity contribution in [2.75, 3.05) is 13.7 Å². The Bertz CT molecular complexity index is 893. The van der Waals surface area contributed by atoms with E-state index in [1.165, 1.54) is 19.2 Å². The molecule has 2 aromatic rings. The lowest BCUT2D eigenvalue weighted by molar-refractivity contribution is -0.126. The minimum absolute atomic E-state index is 0.0129. The molecule has 1 aromatic carbocycles. The molecule has 29 heavy (non-hydrogen) atoms. The highest BCUT2D eigenvalue weighted by atomic mass is 32.2. The number of hydrogen-bond donors (Lipinski definition) is 2. The van der Waals surface area contributed by atoms with Crippen LogP contribution in [0.1, 0.15) is 31.2 Å². The molecule has 0 spiro atoms. The first kappa shape index (κ1) is 21.3. The zero-order chi connectivity index (χ0) is 20.7. The van der Waals surface area contributed by atoms with Crippen LogP contribution in [0.4, 0.5) is 0 Å². The molecule has 0 radical (unpaired) electrons. The lowest BCUT2D eigenvalue weighted by atomic mass is 9.81. The summed E-state index contributed by atoms with van der Waals surface area (Å²) in [7, 11) is -2.01. The van der Waals surface area contributed by atoms with Gasteiger partial charge in [0.15, 0.2) is 0 Å². The Morgan fingerprint density at radius 1 is 1.14 bits per heavy atom. The van der Waals surface area contributed by atoms with Crippen LogP contribution < -0.4 is 14.8 Å². The Kier molecular flexibility index (Phi) is 7.22. The van der Waals surface area contributed by atoms with Gasteiger partial charge in [-0.05, 0) is 67.5 Å². The Morgan fingerprint density at radius 3 is 2.48 bits per heavy atom. The number of amides is 1. The van der Waals surface area contributed by atoms with Gasteiger partial charge < -0.3 is 10.1 Å². The maximum atomic E-state index is 12.4. The summed E-state index contributed by atoms with van der Waals surface area (Å²) in [5.74, 6) is 0.904. The molecular weight excluding hydrogens is 390 g/mol. The average Bonchev–Trinajstić information content (AvgIpc) is 2.77. The minimum Gasteiger partial charge on any atom is -0.497 e. The number of pyridine rings is 1. The molecule has 1 amide bonds. The molecule has 2 N–H and O–H groups in total. The molecule has 0 saturated heterocycles. The summed E-state index contributed by atoms with van der Waals surface area (Å²) in [5, 5.41) is 2.97. The third-order valence-electron chi connectivity index (χ3n) is 5.34. The number of nitrogens with zero attached hydrogens (tertiary/aromatic N) is 1. The van der Waals surface area contributed by atoms with E-state index in [0.717, 1.165) is 31.2 Å². The Hall–Kier alpha value is -2.45. The number of sulfonamides is 1. The van der Waals surface area contributed by atoms with Gasteiger partial charge in [-0.25, -0.2) is 13.1 Å². The molecule has 1 saturated carbocycles. The number of ether oxygens (including phenoxy) is 1. The maximum absolute atomic E-state index is 12.4. The first-order valence-electron chi connectivity index (χ1n) is 9.78. The largest absolute Gasteiger partial charge is 0.497 e. The van der Waals surface area contributed by atoms with E-state index in [-0.39, 0.29) is 22.6 Å². The van der Waals surface area contributed by atoms with Crippen LogP contribution in [-0.4, -0.2) is 33.0 Å². The van der Waals surface area contributed by atoms with Gasteiger partial charge in [0.25, 0.3) is 0 Å². The van der Waals surface area contributed by atoms with Crippen LogP contribution in [0.15, 0.2) is 53.7 Å². The van der Waals surface area contributed by atoms with Gasteiger partial charge in [0.2, 0.25) is 15.9 Å². The number of carbonyl (C=O) groups is 1. The van der Waals surface area contributed by atoms with E-state index < -0.39 is 10.0 Å². The summed E-state index contributed by atoms with van der Waals surface area (Å²) < 4.78 is 32.6. The third-order valence-corrected chi connectivity index (χ3v) is 6.78. The standard InChI is InChI=1S/C21H27N3O4S/c1-28-19-8-10-20(11-9-19)29(26,27)24-15-16-4-6-18(7-5-16)21(25)23-14-17-3-2-12-22-13-17/h2-3,8-13,16,18,24H,4-7,14-15H2,1H3,(H,23,25). The first-order valence-corrected chi connectivity index (χ1v) is 11.3. The molecule has 0 unspecified atom stereocenters. The number of aromatic nitrogens is 1. The SMILES string of the molecule is COc1ccc(S(=O)(=O)NCC2CCC(C(=O)NCc3cccnc3)CC2)cc1. The summed E-state index contributed by atoms with van der Waals surface area (Å²) in [6.07, 6.45) is 6.65. The second-order valence-electron chi connectivity index (χ2n) is 7.32. The second kappa shape index (κ2) is 9.84. The fraction of sp³-hybridized carbons (Fsp3) is 0.429. The summed E-state index contributed by atoms with van der Waals surface area (Å²) in [5.41, 5.74) is 0.975. The highest BCUT2D eigenvalue weighted by molar-refractivity contribution is 7.89. The van der Waals surface area contributed by atoms with Gasteiger partial charge in [0.1, 0.15) is 5.75 Å². The zero-order valence-corrected chi connectivity index (χ0v) is 17.3. The first-order chi connectivity index (χ1) is 14.0. The molecule has 1 aromatic heterocycles. The van der Waals surface area contributed by atoms with Crippen LogP contribution in [0.3, 0.4) is 0 Å². The number of rotatable bonds is 8. The number of carbonyl (C=O) groups excluding carboxylic acids is 1. The predicted octanol–water partition coefficient (Wildman–Crippen LogP) is 2.49. The normalized spacial score (nSPS) is 19.5. The minimum atomic E-state index is -3.54. The van der Waals surface area contributed by atoms with E-state index in [1.54, 1.807) is 24.5 Å². The van der Waals surface area contributed by atoms with Gasteiger partial charge in [-0.3, -0.25) is 9.78 Å². The molecule has 1 heterocycles. The van der Waals surface area contributed by atoms with Crippen molar-refractivity contribution in [2.45, 2.75) is 37.1 Å². The van der Waals surface area contributed by atoms with Gasteiger partial charge in [-0.1, -0.05) is 6.07 Å². The average molecular weight is 418 g/mol. The lowest BCUT2D eigenvalue weighted by Gasteiger charge is -2.27. The zero-order valence-electron chi connectivity index (χ0n) is 16.5. The van der Waals surface area contributed by atoms with Gasteiger partial charge in [-0.2, -0.15) is 0 Å². The van der Waals surface area contributed by atoms with Crippen molar-refractivity contribution < 1.29 is 17.9 Å². The summed E-state index contributed by atoms with van der Waals surface area (Å²) >= 11 is 0. The van der Waals surface area contributed by atoms with Crippen molar-refractivity contribution in [2.24, 2.45) is 11.8 Å². The molecule has 0 atom stereocenters. The summed E-state index contributed by atoms with van der Waals surface area (Å²) in [6, 6.07) is 10.1. The van der Waals surface area contributed by atoms with Crippen LogP contribution in [0.2, 0.25) is 0 Å². The number of benzene rings is 1. The van der Waals surface area contributed by atoms with E-state index in [4.69, 9.17) is 4.74 Å². The van der Waals surface area contributed by atoms with Gasteiger partial charge in [0.05, 0.1) is 12.0 Å². The molecule has 0 aliphatic heterocycles. The molecular formula is C21H27N3O4S. The van der Waals surface area contributed by atoms with E-state index in [9.17, 15) is 13.2 Å². The van der Waals surface area contributed by atoms with Crippen LogP contribution in [-0.2, 0) is 21.4 Å². The predicted molar refractivity (Wildman–Crippen MR) is 110 cm³/mol. The van der Waals surface area contributed by atoms with E-state index in [1.807, 2.05) is 12.1 Å². The molecule has 0 bridgehead atoms.